The highest BCUT2D eigenvalue weighted by Crippen LogP contribution is 2.26. The van der Waals surface area contributed by atoms with E-state index in [0.717, 1.165) is 38.0 Å². The van der Waals surface area contributed by atoms with Gasteiger partial charge in [0.15, 0.2) is 0 Å². The molecule has 0 spiro atoms. The maximum atomic E-state index is 9.85. The molecule has 0 radical (unpaired) electrons. The Hall–Kier alpha value is -1.02. The van der Waals surface area contributed by atoms with Crippen LogP contribution >= 0.6 is 0 Å². The summed E-state index contributed by atoms with van der Waals surface area (Å²) in [7, 11) is 0. The summed E-state index contributed by atoms with van der Waals surface area (Å²) >= 11 is 0. The van der Waals surface area contributed by atoms with E-state index in [4.69, 9.17) is 4.74 Å². The Morgan fingerprint density at radius 3 is 2.94 bits per heavy atom. The molecule has 2 heteroatoms. The van der Waals surface area contributed by atoms with Crippen LogP contribution in [-0.4, -0.2) is 17.8 Å². The molecular formula is C15H22O2. The first-order valence-electron chi connectivity index (χ1n) is 6.58. The summed E-state index contributed by atoms with van der Waals surface area (Å²) in [5, 5.41) is 9.85. The molecule has 0 saturated heterocycles. The molecule has 0 fully saturated rings. The largest absolute Gasteiger partial charge is 0.493 e. The minimum Gasteiger partial charge on any atom is -0.493 e. The second-order valence-corrected chi connectivity index (χ2v) is 5.36. The number of fused-ring (bicyclic) bond motifs is 1. The SMILES string of the molecule is CC(C)CC(O)CCc1ccc2c(c1)CCO2. The van der Waals surface area contributed by atoms with Crippen LogP contribution in [0.5, 0.6) is 5.75 Å². The van der Waals surface area contributed by atoms with E-state index < -0.39 is 0 Å². The second kappa shape index (κ2) is 5.54. The normalized spacial score (nSPS) is 15.8. The Morgan fingerprint density at radius 2 is 2.18 bits per heavy atom. The zero-order valence-electron chi connectivity index (χ0n) is 10.8. The summed E-state index contributed by atoms with van der Waals surface area (Å²) in [5.74, 6) is 1.61. The smallest absolute Gasteiger partial charge is 0.122 e. The summed E-state index contributed by atoms with van der Waals surface area (Å²) in [5.41, 5.74) is 2.64. The fourth-order valence-electron chi connectivity index (χ4n) is 2.39. The predicted octanol–water partition coefficient (Wildman–Crippen LogP) is 2.96. The highest BCUT2D eigenvalue weighted by molar-refractivity contribution is 5.39. The minimum atomic E-state index is -0.167. The highest BCUT2D eigenvalue weighted by atomic mass is 16.5. The molecule has 1 aliphatic rings. The molecule has 0 saturated carbocycles. The topological polar surface area (TPSA) is 29.5 Å². The van der Waals surface area contributed by atoms with Crippen LogP contribution in [-0.2, 0) is 12.8 Å². The zero-order valence-corrected chi connectivity index (χ0v) is 10.8. The van der Waals surface area contributed by atoms with Crippen LogP contribution in [0.2, 0.25) is 0 Å². The lowest BCUT2D eigenvalue weighted by atomic mass is 9.98. The van der Waals surface area contributed by atoms with E-state index >= 15 is 0 Å². The second-order valence-electron chi connectivity index (χ2n) is 5.36. The molecule has 2 rings (SSSR count). The molecule has 1 aromatic carbocycles. The molecule has 1 aliphatic heterocycles. The number of aliphatic hydroxyl groups is 1. The molecule has 1 atom stereocenters. The zero-order chi connectivity index (χ0) is 12.3. The van der Waals surface area contributed by atoms with Gasteiger partial charge in [-0.15, -0.1) is 0 Å². The number of aliphatic hydroxyl groups excluding tert-OH is 1. The van der Waals surface area contributed by atoms with Crippen molar-refractivity contribution in [3.05, 3.63) is 29.3 Å². The van der Waals surface area contributed by atoms with Crippen molar-refractivity contribution in [3.8, 4) is 5.75 Å². The Kier molecular flexibility index (Phi) is 4.06. The van der Waals surface area contributed by atoms with E-state index in [0.29, 0.717) is 5.92 Å². The van der Waals surface area contributed by atoms with E-state index in [1.807, 2.05) is 0 Å². The number of rotatable bonds is 5. The lowest BCUT2D eigenvalue weighted by molar-refractivity contribution is 0.140. The van der Waals surface area contributed by atoms with Crippen LogP contribution in [0.3, 0.4) is 0 Å². The van der Waals surface area contributed by atoms with Crippen molar-refractivity contribution in [2.45, 2.75) is 45.6 Å². The first-order valence-corrected chi connectivity index (χ1v) is 6.58. The first kappa shape index (κ1) is 12.4. The van der Waals surface area contributed by atoms with E-state index in [-0.39, 0.29) is 6.10 Å². The number of hydrogen-bond acceptors (Lipinski definition) is 2. The third kappa shape index (κ3) is 3.47. The molecule has 1 heterocycles. The van der Waals surface area contributed by atoms with Crippen LogP contribution in [0.15, 0.2) is 18.2 Å². The van der Waals surface area contributed by atoms with E-state index in [2.05, 4.69) is 32.0 Å². The van der Waals surface area contributed by atoms with Gasteiger partial charge in [-0.1, -0.05) is 26.0 Å². The van der Waals surface area contributed by atoms with Gasteiger partial charge >= 0.3 is 0 Å². The summed E-state index contributed by atoms with van der Waals surface area (Å²) in [6.45, 7) is 5.11. The summed E-state index contributed by atoms with van der Waals surface area (Å²) < 4.78 is 5.48. The van der Waals surface area contributed by atoms with Gasteiger partial charge in [0.1, 0.15) is 5.75 Å². The molecular weight excluding hydrogens is 212 g/mol. The molecule has 17 heavy (non-hydrogen) atoms. The van der Waals surface area contributed by atoms with Gasteiger partial charge in [-0.2, -0.15) is 0 Å². The number of hydrogen-bond donors (Lipinski definition) is 1. The summed E-state index contributed by atoms with van der Waals surface area (Å²) in [6, 6.07) is 6.41. The molecule has 1 unspecified atom stereocenters. The number of aryl methyl sites for hydroxylation is 1. The van der Waals surface area contributed by atoms with Crippen LogP contribution in [0.25, 0.3) is 0 Å². The fourth-order valence-corrected chi connectivity index (χ4v) is 2.39. The van der Waals surface area contributed by atoms with Gasteiger partial charge in [0.25, 0.3) is 0 Å². The van der Waals surface area contributed by atoms with Crippen LogP contribution in [0, 0.1) is 5.92 Å². The van der Waals surface area contributed by atoms with Crippen molar-refractivity contribution >= 4 is 0 Å². The maximum Gasteiger partial charge on any atom is 0.122 e. The van der Waals surface area contributed by atoms with Crippen LogP contribution in [0.4, 0.5) is 0 Å². The first-order chi connectivity index (χ1) is 8.15. The number of ether oxygens (including phenoxy) is 1. The van der Waals surface area contributed by atoms with E-state index in [1.54, 1.807) is 0 Å². The van der Waals surface area contributed by atoms with Gasteiger partial charge in [-0.25, -0.2) is 0 Å². The van der Waals surface area contributed by atoms with Gasteiger partial charge in [0, 0.05) is 6.42 Å². The number of benzene rings is 1. The molecule has 1 N–H and O–H groups in total. The summed E-state index contributed by atoms with van der Waals surface area (Å²) in [4.78, 5) is 0. The third-order valence-electron chi connectivity index (χ3n) is 3.26. The Balaban J connectivity index is 1.87. The molecule has 94 valence electrons. The molecule has 0 aliphatic carbocycles. The van der Waals surface area contributed by atoms with Crippen molar-refractivity contribution < 1.29 is 9.84 Å². The standard InChI is InChI=1S/C15H22O2/c1-11(2)9-14(16)5-3-12-4-6-15-13(10-12)7-8-17-15/h4,6,10-11,14,16H,3,5,7-9H2,1-2H3. The molecule has 0 bridgehead atoms. The van der Waals surface area contributed by atoms with E-state index in [9.17, 15) is 5.11 Å². The Bertz CT molecular complexity index is 371. The third-order valence-corrected chi connectivity index (χ3v) is 3.26. The fraction of sp³-hybridized carbons (Fsp3) is 0.600. The van der Waals surface area contributed by atoms with Crippen molar-refractivity contribution in [2.75, 3.05) is 6.61 Å². The van der Waals surface area contributed by atoms with Gasteiger partial charge in [-0.05, 0) is 42.4 Å². The molecule has 0 aromatic heterocycles. The lowest BCUT2D eigenvalue weighted by Crippen LogP contribution is -2.11. The Morgan fingerprint density at radius 1 is 1.35 bits per heavy atom. The summed E-state index contributed by atoms with van der Waals surface area (Å²) in [6.07, 6.45) is 3.57. The van der Waals surface area contributed by atoms with Crippen molar-refractivity contribution in [1.29, 1.82) is 0 Å². The average Bonchev–Trinajstić information content (AvgIpc) is 2.72. The van der Waals surface area contributed by atoms with Gasteiger partial charge in [0.05, 0.1) is 12.7 Å². The maximum absolute atomic E-state index is 9.85. The van der Waals surface area contributed by atoms with E-state index in [1.165, 1.54) is 11.1 Å². The molecule has 0 amide bonds. The average molecular weight is 234 g/mol. The minimum absolute atomic E-state index is 0.167. The van der Waals surface area contributed by atoms with Gasteiger partial charge in [0.2, 0.25) is 0 Å². The van der Waals surface area contributed by atoms with Crippen molar-refractivity contribution in [3.63, 3.8) is 0 Å². The van der Waals surface area contributed by atoms with Gasteiger partial charge < -0.3 is 9.84 Å². The molecule has 2 nitrogen and oxygen atoms in total. The lowest BCUT2D eigenvalue weighted by Gasteiger charge is -2.13. The van der Waals surface area contributed by atoms with Crippen LogP contribution in [0.1, 0.15) is 37.8 Å². The highest BCUT2D eigenvalue weighted by Gasteiger charge is 2.13. The van der Waals surface area contributed by atoms with Gasteiger partial charge in [-0.3, -0.25) is 0 Å². The van der Waals surface area contributed by atoms with Crippen molar-refractivity contribution in [1.82, 2.24) is 0 Å². The van der Waals surface area contributed by atoms with Crippen molar-refractivity contribution in [2.24, 2.45) is 5.92 Å². The quantitative estimate of drug-likeness (QED) is 0.848. The molecule has 1 aromatic rings. The Labute approximate surface area is 104 Å². The predicted molar refractivity (Wildman–Crippen MR) is 69.4 cm³/mol. The van der Waals surface area contributed by atoms with Crippen LogP contribution < -0.4 is 4.74 Å². The monoisotopic (exact) mass is 234 g/mol.